The van der Waals surface area contributed by atoms with Gasteiger partial charge in [-0.2, -0.15) is 0 Å². The minimum Gasteiger partial charge on any atom is -0.506 e. The predicted octanol–water partition coefficient (Wildman–Crippen LogP) is 1.63. The minimum atomic E-state index is 0.129. The monoisotopic (exact) mass is 341 g/mol. The van der Waals surface area contributed by atoms with Crippen LogP contribution in [0.3, 0.4) is 0 Å². The van der Waals surface area contributed by atoms with Crippen molar-refractivity contribution in [3.8, 4) is 11.5 Å². The second-order valence-electron chi connectivity index (χ2n) is 5.53. The third kappa shape index (κ3) is 6.31. The fraction of sp³-hybridized carbons (Fsp3) is 0.333. The van der Waals surface area contributed by atoms with Crippen LogP contribution >= 0.6 is 0 Å². The molecular formula is C18H23N5O2. The molecule has 0 amide bonds. The summed E-state index contributed by atoms with van der Waals surface area (Å²) in [6.07, 6.45) is 3.16. The van der Waals surface area contributed by atoms with Crippen LogP contribution in [0, 0.1) is 13.8 Å². The van der Waals surface area contributed by atoms with Gasteiger partial charge in [0.2, 0.25) is 0 Å². The Bertz CT molecular complexity index is 696. The number of rotatable bonds is 8. The first-order valence-corrected chi connectivity index (χ1v) is 8.10. The number of aromatic nitrogens is 2. The highest BCUT2D eigenvalue weighted by Gasteiger charge is 2.00. The summed E-state index contributed by atoms with van der Waals surface area (Å²) >= 11 is 0. The van der Waals surface area contributed by atoms with Gasteiger partial charge in [-0.05, 0) is 38.1 Å². The molecule has 2 rings (SSSR count). The Balaban J connectivity index is 1.65. The summed E-state index contributed by atoms with van der Waals surface area (Å²) < 4.78 is 0. The first-order valence-electron chi connectivity index (χ1n) is 8.10. The van der Waals surface area contributed by atoms with Gasteiger partial charge in [-0.15, -0.1) is 0 Å². The Kier molecular flexibility index (Phi) is 7.03. The zero-order valence-electron chi connectivity index (χ0n) is 14.5. The standard InChI is InChI=1S/C18H23N5O2/c1-13-3-5-17(24)15(22-13)11-20-9-7-19-8-10-21-12-16-18(25)6-4-14(2)23-16/h3-6,11-12,19,24-25H,7-10H2,1-2H3. The van der Waals surface area contributed by atoms with Crippen LogP contribution in [-0.4, -0.2) is 58.8 Å². The van der Waals surface area contributed by atoms with Gasteiger partial charge in [0, 0.05) is 24.5 Å². The molecule has 0 aromatic carbocycles. The average Bonchev–Trinajstić information content (AvgIpc) is 2.59. The van der Waals surface area contributed by atoms with E-state index in [1.807, 2.05) is 13.8 Å². The van der Waals surface area contributed by atoms with E-state index in [1.54, 1.807) is 36.7 Å². The van der Waals surface area contributed by atoms with Gasteiger partial charge in [0.05, 0.1) is 25.5 Å². The van der Waals surface area contributed by atoms with E-state index in [2.05, 4.69) is 25.3 Å². The van der Waals surface area contributed by atoms with Gasteiger partial charge in [0.1, 0.15) is 22.9 Å². The van der Waals surface area contributed by atoms with Gasteiger partial charge in [0.25, 0.3) is 0 Å². The summed E-state index contributed by atoms with van der Waals surface area (Å²) in [7, 11) is 0. The molecular weight excluding hydrogens is 318 g/mol. The maximum Gasteiger partial charge on any atom is 0.142 e. The Morgan fingerprint density at radius 3 is 1.72 bits per heavy atom. The number of aryl methyl sites for hydroxylation is 2. The molecule has 0 unspecified atom stereocenters. The van der Waals surface area contributed by atoms with Gasteiger partial charge in [0.15, 0.2) is 0 Å². The lowest BCUT2D eigenvalue weighted by atomic mass is 10.3. The van der Waals surface area contributed by atoms with E-state index >= 15 is 0 Å². The highest BCUT2D eigenvalue weighted by molar-refractivity contribution is 5.81. The number of nitrogens with zero attached hydrogens (tertiary/aromatic N) is 4. The maximum atomic E-state index is 9.66. The second-order valence-corrected chi connectivity index (χ2v) is 5.53. The van der Waals surface area contributed by atoms with E-state index in [9.17, 15) is 10.2 Å². The summed E-state index contributed by atoms with van der Waals surface area (Å²) in [5.41, 5.74) is 2.64. The summed E-state index contributed by atoms with van der Waals surface area (Å²) in [5, 5.41) is 22.5. The number of pyridine rings is 2. The minimum absolute atomic E-state index is 0.129. The van der Waals surface area contributed by atoms with Crippen molar-refractivity contribution in [2.75, 3.05) is 26.2 Å². The van der Waals surface area contributed by atoms with Crippen LogP contribution in [0.25, 0.3) is 0 Å². The molecule has 0 aliphatic carbocycles. The number of nitrogens with one attached hydrogen (secondary N) is 1. The van der Waals surface area contributed by atoms with E-state index in [0.717, 1.165) is 11.4 Å². The van der Waals surface area contributed by atoms with Crippen molar-refractivity contribution in [2.45, 2.75) is 13.8 Å². The molecule has 0 saturated carbocycles. The van der Waals surface area contributed by atoms with Crippen LogP contribution in [0.1, 0.15) is 22.8 Å². The molecule has 0 fully saturated rings. The molecule has 25 heavy (non-hydrogen) atoms. The fourth-order valence-corrected chi connectivity index (χ4v) is 2.04. The highest BCUT2D eigenvalue weighted by atomic mass is 16.3. The van der Waals surface area contributed by atoms with Gasteiger partial charge in [-0.1, -0.05) is 0 Å². The second kappa shape index (κ2) is 9.48. The van der Waals surface area contributed by atoms with Gasteiger partial charge >= 0.3 is 0 Å². The van der Waals surface area contributed by atoms with E-state index < -0.39 is 0 Å². The molecule has 0 spiro atoms. The van der Waals surface area contributed by atoms with Crippen LogP contribution in [0.5, 0.6) is 11.5 Å². The SMILES string of the molecule is Cc1ccc(O)c(C=NCCNCCN=Cc2nc(C)ccc2O)n1. The molecule has 0 aliphatic rings. The third-order valence-electron chi connectivity index (χ3n) is 3.35. The van der Waals surface area contributed by atoms with Crippen molar-refractivity contribution < 1.29 is 10.2 Å². The smallest absolute Gasteiger partial charge is 0.142 e. The Morgan fingerprint density at radius 1 is 0.840 bits per heavy atom. The van der Waals surface area contributed by atoms with Crippen molar-refractivity contribution in [3.63, 3.8) is 0 Å². The highest BCUT2D eigenvalue weighted by Crippen LogP contribution is 2.12. The lowest BCUT2D eigenvalue weighted by molar-refractivity contribution is 0.471. The van der Waals surface area contributed by atoms with Gasteiger partial charge in [-0.3, -0.25) is 9.98 Å². The van der Waals surface area contributed by atoms with Crippen molar-refractivity contribution in [1.29, 1.82) is 0 Å². The topological polar surface area (TPSA) is 103 Å². The van der Waals surface area contributed by atoms with Gasteiger partial charge in [-0.25, -0.2) is 9.97 Å². The number of hydrogen-bond donors (Lipinski definition) is 3. The van der Waals surface area contributed by atoms with Crippen LogP contribution in [0.4, 0.5) is 0 Å². The zero-order valence-corrected chi connectivity index (χ0v) is 14.5. The quantitative estimate of drug-likeness (QED) is 0.500. The molecule has 0 atom stereocenters. The first kappa shape index (κ1) is 18.5. The maximum absolute atomic E-state index is 9.66. The lowest BCUT2D eigenvalue weighted by Gasteiger charge is -2.01. The molecule has 2 aromatic rings. The van der Waals surface area contributed by atoms with Crippen LogP contribution in [0.2, 0.25) is 0 Å². The van der Waals surface area contributed by atoms with E-state index in [0.29, 0.717) is 37.6 Å². The molecule has 3 N–H and O–H groups in total. The summed E-state index contributed by atoms with van der Waals surface area (Å²) in [6, 6.07) is 6.73. The molecule has 0 radical (unpaired) electrons. The Morgan fingerprint density at radius 2 is 1.28 bits per heavy atom. The summed E-state index contributed by atoms with van der Waals surface area (Å²) in [4.78, 5) is 16.9. The molecule has 7 heteroatoms. The fourth-order valence-electron chi connectivity index (χ4n) is 2.04. The Labute approximate surface area is 147 Å². The van der Waals surface area contributed by atoms with E-state index in [-0.39, 0.29) is 11.5 Å². The molecule has 0 saturated heterocycles. The summed E-state index contributed by atoms with van der Waals surface area (Å²) in [5.74, 6) is 0.259. The molecule has 2 aromatic heterocycles. The van der Waals surface area contributed by atoms with Gasteiger partial charge < -0.3 is 15.5 Å². The van der Waals surface area contributed by atoms with Crippen molar-refractivity contribution >= 4 is 12.4 Å². The molecule has 0 bridgehead atoms. The van der Waals surface area contributed by atoms with Crippen molar-refractivity contribution in [3.05, 3.63) is 47.0 Å². The normalized spacial score (nSPS) is 11.6. The van der Waals surface area contributed by atoms with Crippen molar-refractivity contribution in [2.24, 2.45) is 9.98 Å². The van der Waals surface area contributed by atoms with Crippen molar-refractivity contribution in [1.82, 2.24) is 15.3 Å². The zero-order chi connectivity index (χ0) is 18.1. The van der Waals surface area contributed by atoms with Crippen LogP contribution < -0.4 is 5.32 Å². The largest absolute Gasteiger partial charge is 0.506 e. The molecule has 0 aliphatic heterocycles. The predicted molar refractivity (Wildman–Crippen MR) is 99.1 cm³/mol. The molecule has 2 heterocycles. The molecule has 132 valence electrons. The number of hydrogen-bond acceptors (Lipinski definition) is 7. The molecule has 7 nitrogen and oxygen atoms in total. The van der Waals surface area contributed by atoms with E-state index in [1.165, 1.54) is 0 Å². The average molecular weight is 341 g/mol. The third-order valence-corrected chi connectivity index (χ3v) is 3.35. The van der Waals surface area contributed by atoms with Crippen LogP contribution in [-0.2, 0) is 0 Å². The van der Waals surface area contributed by atoms with E-state index in [4.69, 9.17) is 0 Å². The summed E-state index contributed by atoms with van der Waals surface area (Å²) in [6.45, 7) is 6.30. The Hall–Kier alpha value is -2.80. The van der Waals surface area contributed by atoms with Crippen LogP contribution in [0.15, 0.2) is 34.3 Å². The lowest BCUT2D eigenvalue weighted by Crippen LogP contribution is -2.21. The number of aliphatic imine (C=N–C) groups is 2. The first-order chi connectivity index (χ1) is 12.1. The number of aromatic hydroxyl groups is 2.